The number of hydrogen-bond donors (Lipinski definition) is 2. The molecule has 0 radical (unpaired) electrons. The van der Waals surface area contributed by atoms with Crippen molar-refractivity contribution in [2.24, 2.45) is 5.73 Å². The van der Waals surface area contributed by atoms with E-state index in [1.54, 1.807) is 7.05 Å². The molecule has 0 saturated heterocycles. The van der Waals surface area contributed by atoms with Gasteiger partial charge in [-0.05, 0) is 25.5 Å². The van der Waals surface area contributed by atoms with Crippen molar-refractivity contribution < 1.29 is 4.79 Å². The Bertz CT molecular complexity index is 502. The summed E-state index contributed by atoms with van der Waals surface area (Å²) in [7, 11) is 3.50. The van der Waals surface area contributed by atoms with Gasteiger partial charge in [-0.1, -0.05) is 12.2 Å². The molecule has 0 atom stereocenters. The SMILES string of the molecule is CNC(=O)CCN(C)c1nc(C)cc(C)c1C(N)=S. The van der Waals surface area contributed by atoms with Gasteiger partial charge in [-0.25, -0.2) is 4.98 Å². The molecule has 1 amide bonds. The van der Waals surface area contributed by atoms with Crippen molar-refractivity contribution in [2.75, 3.05) is 25.5 Å². The minimum atomic E-state index is -0.00639. The third-order valence-electron chi connectivity index (χ3n) is 2.89. The Morgan fingerprint density at radius 2 is 2.16 bits per heavy atom. The highest BCUT2D eigenvalue weighted by Crippen LogP contribution is 2.21. The van der Waals surface area contributed by atoms with Gasteiger partial charge in [0.15, 0.2) is 0 Å². The zero-order valence-corrected chi connectivity index (χ0v) is 12.6. The highest BCUT2D eigenvalue weighted by atomic mass is 32.1. The number of nitrogens with one attached hydrogen (secondary N) is 1. The Morgan fingerprint density at radius 3 is 2.68 bits per heavy atom. The molecule has 5 nitrogen and oxygen atoms in total. The van der Waals surface area contributed by atoms with E-state index in [4.69, 9.17) is 18.0 Å². The summed E-state index contributed by atoms with van der Waals surface area (Å²) in [4.78, 5) is 18.0. The maximum absolute atomic E-state index is 11.3. The molecule has 0 aromatic carbocycles. The molecule has 19 heavy (non-hydrogen) atoms. The number of nitrogens with zero attached hydrogens (tertiary/aromatic N) is 2. The molecule has 6 heteroatoms. The summed E-state index contributed by atoms with van der Waals surface area (Å²) < 4.78 is 0. The summed E-state index contributed by atoms with van der Waals surface area (Å²) in [5.41, 5.74) is 8.45. The van der Waals surface area contributed by atoms with Crippen molar-refractivity contribution >= 4 is 28.9 Å². The largest absolute Gasteiger partial charge is 0.389 e. The van der Waals surface area contributed by atoms with Gasteiger partial charge in [0.25, 0.3) is 0 Å². The average Bonchev–Trinajstić information content (AvgIpc) is 2.33. The molecule has 1 aromatic heterocycles. The summed E-state index contributed by atoms with van der Waals surface area (Å²) in [6, 6.07) is 1.95. The molecule has 0 bridgehead atoms. The maximum atomic E-state index is 11.3. The molecule has 1 heterocycles. The number of carbonyl (C=O) groups excluding carboxylic acids is 1. The van der Waals surface area contributed by atoms with Crippen LogP contribution in [-0.4, -0.2) is 36.5 Å². The molecule has 0 unspecified atom stereocenters. The molecule has 0 aliphatic rings. The van der Waals surface area contributed by atoms with E-state index < -0.39 is 0 Å². The number of nitrogens with two attached hydrogens (primary N) is 1. The van der Waals surface area contributed by atoms with Crippen molar-refractivity contribution in [2.45, 2.75) is 20.3 Å². The number of anilines is 1. The highest BCUT2D eigenvalue weighted by molar-refractivity contribution is 7.80. The van der Waals surface area contributed by atoms with Gasteiger partial charge >= 0.3 is 0 Å². The van der Waals surface area contributed by atoms with Crippen molar-refractivity contribution in [3.63, 3.8) is 0 Å². The Morgan fingerprint density at radius 1 is 1.53 bits per heavy atom. The summed E-state index contributed by atoms with van der Waals surface area (Å²) in [6.45, 7) is 4.44. The van der Waals surface area contributed by atoms with Gasteiger partial charge in [-0.2, -0.15) is 0 Å². The molecular formula is C13H20N4OS. The lowest BCUT2D eigenvalue weighted by atomic mass is 10.1. The number of hydrogen-bond acceptors (Lipinski definition) is 4. The van der Waals surface area contributed by atoms with E-state index >= 15 is 0 Å². The van der Waals surface area contributed by atoms with Crippen LogP contribution in [0.15, 0.2) is 6.07 Å². The van der Waals surface area contributed by atoms with E-state index in [0.717, 1.165) is 22.6 Å². The fourth-order valence-electron chi connectivity index (χ4n) is 1.90. The second-order valence-corrected chi connectivity index (χ2v) is 4.93. The van der Waals surface area contributed by atoms with Gasteiger partial charge in [-0.3, -0.25) is 4.79 Å². The van der Waals surface area contributed by atoms with Gasteiger partial charge in [0.1, 0.15) is 10.8 Å². The first-order chi connectivity index (χ1) is 8.86. The van der Waals surface area contributed by atoms with Crippen molar-refractivity contribution in [1.82, 2.24) is 10.3 Å². The summed E-state index contributed by atoms with van der Waals surface area (Å²) >= 11 is 5.09. The van der Waals surface area contributed by atoms with Crippen LogP contribution in [0, 0.1) is 13.8 Å². The van der Waals surface area contributed by atoms with E-state index in [9.17, 15) is 4.79 Å². The second-order valence-electron chi connectivity index (χ2n) is 4.49. The molecule has 0 spiro atoms. The van der Waals surface area contributed by atoms with E-state index in [2.05, 4.69) is 10.3 Å². The summed E-state index contributed by atoms with van der Waals surface area (Å²) in [6.07, 6.45) is 0.401. The predicted molar refractivity (Wildman–Crippen MR) is 81.6 cm³/mol. The number of carbonyl (C=O) groups is 1. The number of amides is 1. The number of aryl methyl sites for hydroxylation is 2. The molecule has 0 aliphatic heterocycles. The lowest BCUT2D eigenvalue weighted by Crippen LogP contribution is -2.29. The van der Waals surface area contributed by atoms with Crippen molar-refractivity contribution in [3.8, 4) is 0 Å². The first-order valence-corrected chi connectivity index (χ1v) is 6.47. The summed E-state index contributed by atoms with van der Waals surface area (Å²) in [5.74, 6) is 0.724. The number of rotatable bonds is 5. The van der Waals surface area contributed by atoms with E-state index in [0.29, 0.717) is 18.0 Å². The van der Waals surface area contributed by atoms with Crippen LogP contribution < -0.4 is 16.0 Å². The van der Waals surface area contributed by atoms with Gasteiger partial charge in [0.05, 0.1) is 5.56 Å². The molecule has 104 valence electrons. The molecule has 3 N–H and O–H groups in total. The summed E-state index contributed by atoms with van der Waals surface area (Å²) in [5, 5.41) is 2.60. The lowest BCUT2D eigenvalue weighted by Gasteiger charge is -2.22. The maximum Gasteiger partial charge on any atom is 0.221 e. The first kappa shape index (κ1) is 15.4. The van der Waals surface area contributed by atoms with Crippen LogP contribution in [0.2, 0.25) is 0 Å². The minimum absolute atomic E-state index is 0.00639. The van der Waals surface area contributed by atoms with Crippen LogP contribution >= 0.6 is 12.2 Å². The molecule has 1 rings (SSSR count). The van der Waals surface area contributed by atoms with Gasteiger partial charge in [0.2, 0.25) is 5.91 Å². The minimum Gasteiger partial charge on any atom is -0.389 e. The molecule has 0 fully saturated rings. The van der Waals surface area contributed by atoms with Crippen molar-refractivity contribution in [1.29, 1.82) is 0 Å². The topological polar surface area (TPSA) is 71.2 Å². The number of thiocarbonyl (C=S) groups is 1. The van der Waals surface area contributed by atoms with E-state index in [-0.39, 0.29) is 5.91 Å². The predicted octanol–water partition coefficient (Wildman–Crippen LogP) is 0.905. The first-order valence-electron chi connectivity index (χ1n) is 6.06. The third kappa shape index (κ3) is 3.89. The fourth-order valence-corrected chi connectivity index (χ4v) is 2.15. The second kappa shape index (κ2) is 6.47. The van der Waals surface area contributed by atoms with Crippen LogP contribution in [0.3, 0.4) is 0 Å². The smallest absolute Gasteiger partial charge is 0.221 e. The standard InChI is InChI=1S/C13H20N4OS/c1-8-7-9(2)16-13(11(8)12(14)19)17(4)6-5-10(18)15-3/h7H,5-6H2,1-4H3,(H2,14,19)(H,15,18). The van der Waals surface area contributed by atoms with Crippen LogP contribution in [0.1, 0.15) is 23.2 Å². The molecule has 0 saturated carbocycles. The van der Waals surface area contributed by atoms with E-state index in [1.807, 2.05) is 31.9 Å². The third-order valence-corrected chi connectivity index (χ3v) is 3.09. The van der Waals surface area contributed by atoms with Crippen LogP contribution in [0.4, 0.5) is 5.82 Å². The van der Waals surface area contributed by atoms with Crippen molar-refractivity contribution in [3.05, 3.63) is 22.9 Å². The van der Waals surface area contributed by atoms with Crippen LogP contribution in [-0.2, 0) is 4.79 Å². The van der Waals surface area contributed by atoms with Crippen LogP contribution in [0.25, 0.3) is 0 Å². The van der Waals surface area contributed by atoms with Crippen LogP contribution in [0.5, 0.6) is 0 Å². The normalized spacial score (nSPS) is 10.1. The van der Waals surface area contributed by atoms with Gasteiger partial charge in [0, 0.05) is 32.8 Å². The van der Waals surface area contributed by atoms with Gasteiger partial charge in [-0.15, -0.1) is 0 Å². The molecule has 1 aromatic rings. The highest BCUT2D eigenvalue weighted by Gasteiger charge is 2.15. The number of pyridine rings is 1. The molecular weight excluding hydrogens is 260 g/mol. The molecule has 0 aliphatic carbocycles. The average molecular weight is 280 g/mol. The Labute approximate surface area is 119 Å². The van der Waals surface area contributed by atoms with Gasteiger partial charge < -0.3 is 16.0 Å². The Hall–Kier alpha value is -1.69. The Kier molecular flexibility index (Phi) is 5.23. The quantitative estimate of drug-likeness (QED) is 0.784. The zero-order valence-electron chi connectivity index (χ0n) is 11.8. The fraction of sp³-hybridized carbons (Fsp3) is 0.462. The lowest BCUT2D eigenvalue weighted by molar-refractivity contribution is -0.120. The monoisotopic (exact) mass is 280 g/mol. The van der Waals surface area contributed by atoms with E-state index in [1.165, 1.54) is 0 Å². The Balaban J connectivity index is 3.04. The number of aromatic nitrogens is 1. The zero-order chi connectivity index (χ0) is 14.6.